The molecule has 2 aromatic carbocycles. The van der Waals surface area contributed by atoms with Gasteiger partial charge < -0.3 is 26.2 Å². The van der Waals surface area contributed by atoms with Gasteiger partial charge in [-0.05, 0) is 105 Å². The van der Waals surface area contributed by atoms with Gasteiger partial charge in [0.2, 0.25) is 0 Å². The molecule has 0 atom stereocenters. The molecule has 218 valence electrons. The van der Waals surface area contributed by atoms with E-state index >= 15 is 0 Å². The monoisotopic (exact) mass is 581 g/mol. The zero-order valence-corrected chi connectivity index (χ0v) is 25.4. The maximum Gasteiger partial charge on any atom is 0.335 e. The maximum atomic E-state index is 12.7. The normalized spacial score (nSPS) is 11.9. The van der Waals surface area contributed by atoms with Crippen LogP contribution in [0.5, 0.6) is 0 Å². The number of aromatic nitrogens is 1. The fourth-order valence-corrected chi connectivity index (χ4v) is 5.73. The Hall–Kier alpha value is -2.32. The van der Waals surface area contributed by atoms with Gasteiger partial charge >= 0.3 is 11.9 Å². The zero-order chi connectivity index (χ0) is 27.5. The van der Waals surface area contributed by atoms with Crippen LogP contribution in [0.3, 0.4) is 0 Å². The molecule has 1 aromatic heterocycles. The predicted molar refractivity (Wildman–Crippen MR) is 165 cm³/mol. The first kappa shape index (κ1) is 34.7. The topological polar surface area (TPSA) is 132 Å². The second kappa shape index (κ2) is 13.8. The van der Waals surface area contributed by atoms with E-state index in [9.17, 15) is 19.8 Å². The minimum atomic E-state index is -1.00. The molecule has 0 aliphatic carbocycles. The Balaban J connectivity index is 0.00000380. The Bertz CT molecular complexity index is 1320. The number of aromatic carboxylic acids is 2. The molecule has 3 rings (SSSR count). The molecule has 0 radical (unpaired) electrons. The number of nitrogens with two attached hydrogens (primary N) is 2. The standard InChI is InChI=1S/C30H43N3O4.2ClH/c1-6-33-25-10-9-19(27(34)35)15-20(25)21-16-22(28(36)37)23(17-29(2,3)11-7-13-31)24(26(21)33)18-30(4,5)12-8-14-32;;/h9-10,15-16H,6-8,11-14,17-18,31-32H2,1-5H3,(H,34,35)(H,36,37);2*1H. The molecule has 0 unspecified atom stereocenters. The number of carboxylic acid groups (broad SMARTS) is 2. The van der Waals surface area contributed by atoms with Crippen LogP contribution in [0.4, 0.5) is 0 Å². The lowest BCUT2D eigenvalue weighted by Gasteiger charge is -2.31. The lowest BCUT2D eigenvalue weighted by atomic mass is 9.74. The lowest BCUT2D eigenvalue weighted by Crippen LogP contribution is -2.23. The Kier molecular flexibility index (Phi) is 12.3. The molecule has 0 saturated heterocycles. The molecule has 0 fully saturated rings. The third-order valence-corrected chi connectivity index (χ3v) is 7.59. The second-order valence-corrected chi connectivity index (χ2v) is 11.8. The highest BCUT2D eigenvalue weighted by molar-refractivity contribution is 6.13. The van der Waals surface area contributed by atoms with Crippen molar-refractivity contribution in [2.45, 2.75) is 79.7 Å². The summed E-state index contributed by atoms with van der Waals surface area (Å²) >= 11 is 0. The van der Waals surface area contributed by atoms with Crippen molar-refractivity contribution in [1.29, 1.82) is 0 Å². The van der Waals surface area contributed by atoms with Crippen LogP contribution < -0.4 is 11.5 Å². The van der Waals surface area contributed by atoms with Crippen molar-refractivity contribution < 1.29 is 19.8 Å². The van der Waals surface area contributed by atoms with E-state index in [1.165, 1.54) is 0 Å². The van der Waals surface area contributed by atoms with E-state index in [0.29, 0.717) is 38.0 Å². The van der Waals surface area contributed by atoms with Crippen LogP contribution in [-0.4, -0.2) is 39.8 Å². The summed E-state index contributed by atoms with van der Waals surface area (Å²) in [4.78, 5) is 24.5. The molecule has 0 bridgehead atoms. The maximum absolute atomic E-state index is 12.7. The molecule has 3 aromatic rings. The molecular weight excluding hydrogens is 537 g/mol. The van der Waals surface area contributed by atoms with Crippen molar-refractivity contribution >= 4 is 58.6 Å². The fraction of sp³-hybridized carbons (Fsp3) is 0.533. The van der Waals surface area contributed by atoms with E-state index in [4.69, 9.17) is 11.5 Å². The van der Waals surface area contributed by atoms with Crippen molar-refractivity contribution in [3.05, 3.63) is 46.5 Å². The lowest BCUT2D eigenvalue weighted by molar-refractivity contribution is 0.0685. The summed E-state index contributed by atoms with van der Waals surface area (Å²) in [5.74, 6) is -1.96. The average molecular weight is 583 g/mol. The number of carboxylic acids is 2. The van der Waals surface area contributed by atoms with Gasteiger partial charge in [0.1, 0.15) is 0 Å². The minimum Gasteiger partial charge on any atom is -0.478 e. The Morgan fingerprint density at radius 3 is 1.82 bits per heavy atom. The van der Waals surface area contributed by atoms with Crippen molar-refractivity contribution in [2.75, 3.05) is 13.1 Å². The van der Waals surface area contributed by atoms with Gasteiger partial charge in [-0.15, -0.1) is 24.8 Å². The number of rotatable bonds is 13. The number of carbonyl (C=O) groups is 2. The number of nitrogens with zero attached hydrogens (tertiary/aromatic N) is 1. The number of aryl methyl sites for hydroxylation is 1. The van der Waals surface area contributed by atoms with Gasteiger partial charge in [0, 0.05) is 22.8 Å². The van der Waals surface area contributed by atoms with E-state index in [1.807, 2.05) is 6.07 Å². The van der Waals surface area contributed by atoms with E-state index in [2.05, 4.69) is 39.2 Å². The molecule has 9 heteroatoms. The SMILES string of the molecule is CCn1c2ccc(C(=O)O)cc2c2cc(C(=O)O)c(CC(C)(C)CCCN)c(CC(C)(C)CCCN)c21.Cl.Cl. The minimum absolute atomic E-state index is 0. The Labute approximate surface area is 244 Å². The highest BCUT2D eigenvalue weighted by Gasteiger charge is 2.30. The number of benzene rings is 2. The molecule has 0 aliphatic heterocycles. The van der Waals surface area contributed by atoms with Crippen LogP contribution in [-0.2, 0) is 19.4 Å². The van der Waals surface area contributed by atoms with Crippen LogP contribution in [0.2, 0.25) is 0 Å². The fourth-order valence-electron chi connectivity index (χ4n) is 5.73. The summed E-state index contributed by atoms with van der Waals surface area (Å²) in [6.45, 7) is 12.8. The molecule has 0 saturated carbocycles. The quantitative estimate of drug-likeness (QED) is 0.178. The van der Waals surface area contributed by atoms with Gasteiger partial charge in [-0.3, -0.25) is 0 Å². The summed E-state index contributed by atoms with van der Waals surface area (Å²) in [6.07, 6.45) is 4.92. The average Bonchev–Trinajstić information content (AvgIpc) is 3.15. The van der Waals surface area contributed by atoms with Crippen LogP contribution in [0, 0.1) is 10.8 Å². The highest BCUT2D eigenvalue weighted by atomic mass is 35.5. The molecule has 0 spiro atoms. The van der Waals surface area contributed by atoms with E-state index < -0.39 is 11.9 Å². The second-order valence-electron chi connectivity index (χ2n) is 11.8. The molecule has 39 heavy (non-hydrogen) atoms. The first-order chi connectivity index (χ1) is 17.4. The van der Waals surface area contributed by atoms with Crippen molar-refractivity contribution in [1.82, 2.24) is 4.57 Å². The Morgan fingerprint density at radius 1 is 0.821 bits per heavy atom. The van der Waals surface area contributed by atoms with Crippen LogP contribution >= 0.6 is 24.8 Å². The zero-order valence-electron chi connectivity index (χ0n) is 23.8. The van der Waals surface area contributed by atoms with Crippen molar-refractivity contribution in [3.63, 3.8) is 0 Å². The summed E-state index contributed by atoms with van der Waals surface area (Å²) in [7, 11) is 0. The van der Waals surface area contributed by atoms with Gasteiger partial charge in [0.25, 0.3) is 0 Å². The third kappa shape index (κ3) is 7.66. The van der Waals surface area contributed by atoms with Crippen molar-refractivity contribution in [3.8, 4) is 0 Å². The van der Waals surface area contributed by atoms with Gasteiger partial charge in [-0.1, -0.05) is 27.7 Å². The molecule has 0 amide bonds. The largest absolute Gasteiger partial charge is 0.478 e. The number of fused-ring (bicyclic) bond motifs is 3. The van der Waals surface area contributed by atoms with E-state index in [0.717, 1.165) is 58.6 Å². The van der Waals surface area contributed by atoms with Gasteiger partial charge in [0.15, 0.2) is 0 Å². The molecular formula is C30H45Cl2N3O4. The summed E-state index contributed by atoms with van der Waals surface area (Å²) in [5, 5.41) is 21.6. The molecule has 6 N–H and O–H groups in total. The van der Waals surface area contributed by atoms with Crippen LogP contribution in [0.1, 0.15) is 92.1 Å². The number of hydrogen-bond acceptors (Lipinski definition) is 4. The predicted octanol–water partition coefficient (Wildman–Crippen LogP) is 6.67. The molecule has 1 heterocycles. The first-order valence-electron chi connectivity index (χ1n) is 13.3. The Morgan fingerprint density at radius 2 is 1.36 bits per heavy atom. The number of hydrogen-bond donors (Lipinski definition) is 4. The first-order valence-corrected chi connectivity index (χ1v) is 13.3. The number of halogens is 2. The highest BCUT2D eigenvalue weighted by Crippen LogP contribution is 2.41. The van der Waals surface area contributed by atoms with E-state index in [1.54, 1.807) is 18.2 Å². The third-order valence-electron chi connectivity index (χ3n) is 7.59. The summed E-state index contributed by atoms with van der Waals surface area (Å²) in [6, 6.07) is 6.90. The molecule has 7 nitrogen and oxygen atoms in total. The summed E-state index contributed by atoms with van der Waals surface area (Å²) < 4.78 is 2.21. The smallest absolute Gasteiger partial charge is 0.335 e. The molecule has 0 aliphatic rings. The van der Waals surface area contributed by atoms with E-state index in [-0.39, 0.29) is 41.2 Å². The summed E-state index contributed by atoms with van der Waals surface area (Å²) in [5.41, 5.74) is 15.8. The van der Waals surface area contributed by atoms with Gasteiger partial charge in [-0.2, -0.15) is 0 Å². The van der Waals surface area contributed by atoms with Crippen LogP contribution in [0.15, 0.2) is 24.3 Å². The van der Waals surface area contributed by atoms with Crippen molar-refractivity contribution in [2.24, 2.45) is 22.3 Å². The van der Waals surface area contributed by atoms with Crippen LogP contribution in [0.25, 0.3) is 21.8 Å². The van der Waals surface area contributed by atoms with Gasteiger partial charge in [0.05, 0.1) is 16.6 Å². The van der Waals surface area contributed by atoms with Gasteiger partial charge in [-0.25, -0.2) is 9.59 Å².